The summed E-state index contributed by atoms with van der Waals surface area (Å²) in [6.07, 6.45) is 5.04. The molecule has 0 radical (unpaired) electrons. The van der Waals surface area contributed by atoms with Gasteiger partial charge in [-0.05, 0) is 12.0 Å². The van der Waals surface area contributed by atoms with E-state index in [9.17, 15) is 9.59 Å². The summed E-state index contributed by atoms with van der Waals surface area (Å²) in [6, 6.07) is 10.0. The molecule has 136 valence electrons. The average molecular weight is 370 g/mol. The molecule has 2 heterocycles. The SMILES string of the molecule is CCCSc1nc2c(c(=O)n(C)c(=O)n2C)n1CC=Cc1ccccc1. The van der Waals surface area contributed by atoms with E-state index < -0.39 is 0 Å². The van der Waals surface area contributed by atoms with E-state index in [1.807, 2.05) is 47.1 Å². The van der Waals surface area contributed by atoms with E-state index in [2.05, 4.69) is 11.9 Å². The predicted octanol–water partition coefficient (Wildman–Crippen LogP) is 2.65. The summed E-state index contributed by atoms with van der Waals surface area (Å²) in [7, 11) is 3.15. The van der Waals surface area contributed by atoms with Gasteiger partial charge in [0.1, 0.15) is 0 Å². The minimum atomic E-state index is -0.362. The van der Waals surface area contributed by atoms with Crippen LogP contribution in [0.15, 0.2) is 51.2 Å². The third-order valence-corrected chi connectivity index (χ3v) is 5.33. The van der Waals surface area contributed by atoms with Crippen molar-refractivity contribution in [2.24, 2.45) is 14.1 Å². The van der Waals surface area contributed by atoms with E-state index in [-0.39, 0.29) is 11.2 Å². The fourth-order valence-corrected chi connectivity index (χ4v) is 3.62. The number of rotatable bonds is 6. The molecule has 26 heavy (non-hydrogen) atoms. The van der Waals surface area contributed by atoms with Crippen LogP contribution in [0.2, 0.25) is 0 Å². The third-order valence-electron chi connectivity index (χ3n) is 4.15. The number of hydrogen-bond donors (Lipinski definition) is 0. The van der Waals surface area contributed by atoms with E-state index in [0.29, 0.717) is 17.7 Å². The molecule has 0 saturated heterocycles. The predicted molar refractivity (Wildman–Crippen MR) is 107 cm³/mol. The van der Waals surface area contributed by atoms with Crippen LogP contribution < -0.4 is 11.2 Å². The monoisotopic (exact) mass is 370 g/mol. The third kappa shape index (κ3) is 3.39. The van der Waals surface area contributed by atoms with Gasteiger partial charge in [0.15, 0.2) is 16.3 Å². The topological polar surface area (TPSA) is 61.8 Å². The van der Waals surface area contributed by atoms with E-state index in [4.69, 9.17) is 0 Å². The molecule has 2 aromatic heterocycles. The van der Waals surface area contributed by atoms with Crippen LogP contribution >= 0.6 is 11.8 Å². The van der Waals surface area contributed by atoms with Crippen molar-refractivity contribution in [3.05, 3.63) is 62.8 Å². The summed E-state index contributed by atoms with van der Waals surface area (Å²) in [6.45, 7) is 2.62. The summed E-state index contributed by atoms with van der Waals surface area (Å²) >= 11 is 1.60. The van der Waals surface area contributed by atoms with E-state index >= 15 is 0 Å². The molecular weight excluding hydrogens is 348 g/mol. The molecule has 0 saturated carbocycles. The van der Waals surface area contributed by atoms with Crippen LogP contribution in [0.4, 0.5) is 0 Å². The Hall–Kier alpha value is -2.54. The molecule has 0 atom stereocenters. The molecular formula is C19H22N4O2S. The number of aryl methyl sites for hydroxylation is 1. The molecule has 7 heteroatoms. The molecule has 6 nitrogen and oxygen atoms in total. The number of imidazole rings is 1. The Morgan fingerprint density at radius 1 is 1.12 bits per heavy atom. The fraction of sp³-hybridized carbons (Fsp3) is 0.316. The van der Waals surface area contributed by atoms with E-state index in [0.717, 1.165) is 27.5 Å². The van der Waals surface area contributed by atoms with E-state index in [1.165, 1.54) is 11.6 Å². The molecule has 0 fully saturated rings. The molecule has 0 unspecified atom stereocenters. The summed E-state index contributed by atoms with van der Waals surface area (Å²) in [5.41, 5.74) is 1.32. The van der Waals surface area contributed by atoms with Crippen molar-refractivity contribution in [2.45, 2.75) is 25.0 Å². The van der Waals surface area contributed by atoms with Gasteiger partial charge < -0.3 is 4.57 Å². The highest BCUT2D eigenvalue weighted by atomic mass is 32.2. The Bertz CT molecular complexity index is 1060. The lowest BCUT2D eigenvalue weighted by Gasteiger charge is -2.06. The lowest BCUT2D eigenvalue weighted by atomic mass is 10.2. The zero-order valence-electron chi connectivity index (χ0n) is 15.2. The first kappa shape index (κ1) is 18.3. The number of hydrogen-bond acceptors (Lipinski definition) is 4. The number of benzene rings is 1. The Morgan fingerprint density at radius 2 is 1.85 bits per heavy atom. The summed E-state index contributed by atoms with van der Waals surface area (Å²) in [5, 5.41) is 0.762. The molecule has 1 aromatic carbocycles. The second-order valence-corrected chi connectivity index (χ2v) is 7.11. The molecule has 0 spiro atoms. The molecule has 3 aromatic rings. The summed E-state index contributed by atoms with van der Waals surface area (Å²) in [4.78, 5) is 29.5. The summed E-state index contributed by atoms with van der Waals surface area (Å²) < 4.78 is 4.47. The highest BCUT2D eigenvalue weighted by molar-refractivity contribution is 7.99. The Labute approximate surface area is 155 Å². The molecule has 0 aliphatic carbocycles. The van der Waals surface area contributed by atoms with Crippen molar-refractivity contribution in [2.75, 3.05) is 5.75 Å². The highest BCUT2D eigenvalue weighted by Gasteiger charge is 2.18. The molecule has 0 aliphatic rings. The first-order valence-electron chi connectivity index (χ1n) is 8.55. The van der Waals surface area contributed by atoms with Crippen molar-refractivity contribution in [1.82, 2.24) is 18.7 Å². The van der Waals surface area contributed by atoms with Gasteiger partial charge in [0.05, 0.1) is 0 Å². The van der Waals surface area contributed by atoms with Gasteiger partial charge in [-0.3, -0.25) is 13.9 Å². The van der Waals surface area contributed by atoms with Gasteiger partial charge in [0, 0.05) is 26.4 Å². The van der Waals surface area contributed by atoms with Crippen molar-refractivity contribution in [3.63, 3.8) is 0 Å². The molecule has 0 aliphatic heterocycles. The second-order valence-electron chi connectivity index (χ2n) is 6.04. The number of thioether (sulfide) groups is 1. The first-order valence-corrected chi connectivity index (χ1v) is 9.53. The first-order chi connectivity index (χ1) is 12.5. The molecule has 0 bridgehead atoms. The fourth-order valence-electron chi connectivity index (χ4n) is 2.76. The van der Waals surface area contributed by atoms with Gasteiger partial charge in [-0.15, -0.1) is 0 Å². The zero-order chi connectivity index (χ0) is 18.7. The van der Waals surface area contributed by atoms with Crippen LogP contribution in [0.25, 0.3) is 17.2 Å². The maximum absolute atomic E-state index is 12.7. The van der Waals surface area contributed by atoms with Gasteiger partial charge in [-0.2, -0.15) is 0 Å². The van der Waals surface area contributed by atoms with Crippen LogP contribution in [0, 0.1) is 0 Å². The highest BCUT2D eigenvalue weighted by Crippen LogP contribution is 2.22. The lowest BCUT2D eigenvalue weighted by Crippen LogP contribution is -2.37. The Kier molecular flexibility index (Phi) is 5.46. The Morgan fingerprint density at radius 3 is 2.54 bits per heavy atom. The van der Waals surface area contributed by atoms with Crippen molar-refractivity contribution in [3.8, 4) is 0 Å². The Balaban J connectivity index is 2.10. The van der Waals surface area contributed by atoms with Crippen LogP contribution in [-0.4, -0.2) is 24.4 Å². The maximum atomic E-state index is 12.7. The van der Waals surface area contributed by atoms with Gasteiger partial charge >= 0.3 is 5.69 Å². The lowest BCUT2D eigenvalue weighted by molar-refractivity contribution is 0.700. The van der Waals surface area contributed by atoms with Crippen molar-refractivity contribution >= 4 is 29.0 Å². The van der Waals surface area contributed by atoms with Crippen molar-refractivity contribution in [1.29, 1.82) is 0 Å². The number of allylic oxidation sites excluding steroid dienone is 1. The minimum absolute atomic E-state index is 0.313. The smallest absolute Gasteiger partial charge is 0.309 e. The quantitative estimate of drug-likeness (QED) is 0.626. The number of nitrogens with zero attached hydrogens (tertiary/aromatic N) is 4. The van der Waals surface area contributed by atoms with Crippen LogP contribution in [0.5, 0.6) is 0 Å². The maximum Gasteiger partial charge on any atom is 0.332 e. The van der Waals surface area contributed by atoms with Crippen LogP contribution in [0.3, 0.4) is 0 Å². The van der Waals surface area contributed by atoms with Crippen LogP contribution in [0.1, 0.15) is 18.9 Å². The summed E-state index contributed by atoms with van der Waals surface area (Å²) in [5.74, 6) is 0.903. The van der Waals surface area contributed by atoms with E-state index in [1.54, 1.807) is 18.8 Å². The van der Waals surface area contributed by atoms with Crippen LogP contribution in [-0.2, 0) is 20.6 Å². The largest absolute Gasteiger partial charge is 0.332 e. The molecule has 0 amide bonds. The zero-order valence-corrected chi connectivity index (χ0v) is 16.0. The number of fused-ring (bicyclic) bond motifs is 1. The second kappa shape index (κ2) is 7.78. The molecule has 0 N–H and O–H groups in total. The van der Waals surface area contributed by atoms with Gasteiger partial charge in [-0.25, -0.2) is 9.78 Å². The standard InChI is InChI=1S/C19H22N4O2S/c1-4-13-26-18-20-16-15(17(24)22(3)19(25)21(16)2)23(18)12-8-11-14-9-6-5-7-10-14/h5-11H,4,12-13H2,1-3H3. The molecule has 3 rings (SSSR count). The van der Waals surface area contributed by atoms with Gasteiger partial charge in [0.25, 0.3) is 5.56 Å². The van der Waals surface area contributed by atoms with Gasteiger partial charge in [-0.1, -0.05) is 61.2 Å². The normalized spacial score (nSPS) is 11.7. The van der Waals surface area contributed by atoms with Crippen molar-refractivity contribution < 1.29 is 0 Å². The average Bonchev–Trinajstić information content (AvgIpc) is 3.02. The van der Waals surface area contributed by atoms with Gasteiger partial charge in [0.2, 0.25) is 0 Å². The minimum Gasteiger partial charge on any atom is -0.309 e. The number of aromatic nitrogens is 4.